The average molecular weight is 315 g/mol. The van der Waals surface area contributed by atoms with Crippen molar-refractivity contribution in [3.63, 3.8) is 0 Å². The van der Waals surface area contributed by atoms with Crippen LogP contribution in [-0.4, -0.2) is 19.8 Å². The molecule has 2 aromatic rings. The van der Waals surface area contributed by atoms with Crippen LogP contribution in [0.25, 0.3) is 0 Å². The highest BCUT2D eigenvalue weighted by atomic mass is 19.1. The van der Waals surface area contributed by atoms with Crippen LogP contribution in [0.1, 0.15) is 36.6 Å². The quantitative estimate of drug-likeness (QED) is 0.909. The fourth-order valence-corrected chi connectivity index (χ4v) is 3.08. The Hall–Kier alpha value is -2.07. The summed E-state index contributed by atoms with van der Waals surface area (Å²) in [6.45, 7) is 5.96. The van der Waals surface area contributed by atoms with Gasteiger partial charge in [0.05, 0.1) is 19.3 Å². The Morgan fingerprint density at radius 3 is 2.52 bits per heavy atom. The highest BCUT2D eigenvalue weighted by molar-refractivity contribution is 5.51. The first-order valence-electron chi connectivity index (χ1n) is 8.14. The fourth-order valence-electron chi connectivity index (χ4n) is 3.08. The van der Waals surface area contributed by atoms with Gasteiger partial charge in [0, 0.05) is 6.54 Å². The first-order valence-corrected chi connectivity index (χ1v) is 8.14. The lowest BCUT2D eigenvalue weighted by molar-refractivity contribution is 0.286. The van der Waals surface area contributed by atoms with E-state index in [9.17, 15) is 4.39 Å². The van der Waals surface area contributed by atoms with Crippen molar-refractivity contribution in [3.8, 4) is 11.5 Å². The SMILES string of the molecule is CCOc1cc2c(cc1OCC)[C@@H](c1cccc(F)c1)NCC2. The number of halogens is 1. The van der Waals surface area contributed by atoms with Crippen molar-refractivity contribution in [3.05, 3.63) is 58.9 Å². The van der Waals surface area contributed by atoms with Crippen LogP contribution in [0.15, 0.2) is 36.4 Å². The lowest BCUT2D eigenvalue weighted by Crippen LogP contribution is -2.30. The molecule has 0 spiro atoms. The summed E-state index contributed by atoms with van der Waals surface area (Å²) in [6, 6.07) is 10.8. The van der Waals surface area contributed by atoms with E-state index in [1.165, 1.54) is 11.6 Å². The molecule has 23 heavy (non-hydrogen) atoms. The maximum Gasteiger partial charge on any atom is 0.161 e. The van der Waals surface area contributed by atoms with Gasteiger partial charge in [-0.25, -0.2) is 4.39 Å². The first kappa shape index (κ1) is 15.8. The average Bonchev–Trinajstić information content (AvgIpc) is 2.55. The zero-order chi connectivity index (χ0) is 16.2. The Morgan fingerprint density at radius 1 is 1.09 bits per heavy atom. The monoisotopic (exact) mass is 315 g/mol. The van der Waals surface area contributed by atoms with Crippen molar-refractivity contribution >= 4 is 0 Å². The Bertz CT molecular complexity index is 687. The molecular weight excluding hydrogens is 293 g/mol. The van der Waals surface area contributed by atoms with Crippen LogP contribution in [0.4, 0.5) is 4.39 Å². The molecule has 122 valence electrons. The number of nitrogens with one attached hydrogen (secondary N) is 1. The summed E-state index contributed by atoms with van der Waals surface area (Å²) in [6.07, 6.45) is 0.924. The molecule has 0 saturated carbocycles. The van der Waals surface area contributed by atoms with Crippen LogP contribution in [0.5, 0.6) is 11.5 Å². The van der Waals surface area contributed by atoms with Gasteiger partial charge in [-0.1, -0.05) is 12.1 Å². The molecule has 0 amide bonds. The zero-order valence-electron chi connectivity index (χ0n) is 13.6. The Labute approximate surface area is 136 Å². The third-order valence-corrected chi connectivity index (χ3v) is 4.04. The predicted molar refractivity (Wildman–Crippen MR) is 88.7 cm³/mol. The number of fused-ring (bicyclic) bond motifs is 1. The molecule has 1 heterocycles. The summed E-state index contributed by atoms with van der Waals surface area (Å²) in [5, 5.41) is 3.48. The summed E-state index contributed by atoms with van der Waals surface area (Å²) < 4.78 is 25.0. The van der Waals surface area contributed by atoms with E-state index in [-0.39, 0.29) is 11.9 Å². The van der Waals surface area contributed by atoms with Gasteiger partial charge in [-0.2, -0.15) is 0 Å². The molecule has 0 fully saturated rings. The number of hydrogen-bond donors (Lipinski definition) is 1. The van der Waals surface area contributed by atoms with Gasteiger partial charge in [-0.15, -0.1) is 0 Å². The van der Waals surface area contributed by atoms with Crippen LogP contribution >= 0.6 is 0 Å². The van der Waals surface area contributed by atoms with Crippen LogP contribution in [0.2, 0.25) is 0 Å². The van der Waals surface area contributed by atoms with Gasteiger partial charge in [0.1, 0.15) is 5.82 Å². The summed E-state index contributed by atoms with van der Waals surface area (Å²) in [5.41, 5.74) is 3.29. The molecule has 0 aromatic heterocycles. The maximum absolute atomic E-state index is 13.6. The van der Waals surface area contributed by atoms with Gasteiger partial charge in [0.25, 0.3) is 0 Å². The molecule has 0 aliphatic carbocycles. The molecule has 1 N–H and O–H groups in total. The van der Waals surface area contributed by atoms with E-state index < -0.39 is 0 Å². The van der Waals surface area contributed by atoms with Crippen molar-refractivity contribution in [2.45, 2.75) is 26.3 Å². The lowest BCUT2D eigenvalue weighted by Gasteiger charge is -2.29. The van der Waals surface area contributed by atoms with Crippen LogP contribution in [0.3, 0.4) is 0 Å². The van der Waals surface area contributed by atoms with Gasteiger partial charge >= 0.3 is 0 Å². The van der Waals surface area contributed by atoms with Crippen LogP contribution in [-0.2, 0) is 6.42 Å². The third-order valence-electron chi connectivity index (χ3n) is 4.04. The Morgan fingerprint density at radius 2 is 1.83 bits per heavy atom. The second-order valence-electron chi connectivity index (χ2n) is 5.56. The predicted octanol–water partition coefficient (Wildman–Crippen LogP) is 3.86. The molecule has 0 saturated heterocycles. The van der Waals surface area contributed by atoms with Gasteiger partial charge in [0.2, 0.25) is 0 Å². The van der Waals surface area contributed by atoms with E-state index >= 15 is 0 Å². The van der Waals surface area contributed by atoms with E-state index in [4.69, 9.17) is 9.47 Å². The molecule has 3 nitrogen and oxygen atoms in total. The van der Waals surface area contributed by atoms with E-state index in [0.717, 1.165) is 35.6 Å². The second kappa shape index (κ2) is 7.01. The topological polar surface area (TPSA) is 30.5 Å². The van der Waals surface area contributed by atoms with Crippen molar-refractivity contribution in [1.29, 1.82) is 0 Å². The largest absolute Gasteiger partial charge is 0.490 e. The minimum atomic E-state index is -0.215. The third kappa shape index (κ3) is 3.32. The Balaban J connectivity index is 2.05. The first-order chi connectivity index (χ1) is 11.2. The molecule has 3 rings (SSSR count). The molecule has 1 aliphatic heterocycles. The van der Waals surface area contributed by atoms with Crippen molar-refractivity contribution in [1.82, 2.24) is 5.32 Å². The molecule has 0 bridgehead atoms. The smallest absolute Gasteiger partial charge is 0.161 e. The summed E-state index contributed by atoms with van der Waals surface area (Å²) in [4.78, 5) is 0. The van der Waals surface area contributed by atoms with Gasteiger partial charge in [-0.05, 0) is 61.2 Å². The molecule has 1 atom stereocenters. The molecular formula is C19H22FNO2. The van der Waals surface area contributed by atoms with E-state index in [1.54, 1.807) is 12.1 Å². The summed E-state index contributed by atoms with van der Waals surface area (Å²) >= 11 is 0. The van der Waals surface area contributed by atoms with Crippen molar-refractivity contribution in [2.75, 3.05) is 19.8 Å². The molecule has 0 unspecified atom stereocenters. The molecule has 1 aliphatic rings. The van der Waals surface area contributed by atoms with Crippen molar-refractivity contribution in [2.24, 2.45) is 0 Å². The maximum atomic E-state index is 13.6. The van der Waals surface area contributed by atoms with Crippen molar-refractivity contribution < 1.29 is 13.9 Å². The second-order valence-corrected chi connectivity index (χ2v) is 5.56. The lowest BCUT2D eigenvalue weighted by atomic mass is 9.89. The van der Waals surface area contributed by atoms with E-state index in [1.807, 2.05) is 26.0 Å². The van der Waals surface area contributed by atoms with E-state index in [0.29, 0.717) is 13.2 Å². The normalized spacial score (nSPS) is 16.7. The Kier molecular flexibility index (Phi) is 4.82. The van der Waals surface area contributed by atoms with Gasteiger partial charge in [0.15, 0.2) is 11.5 Å². The number of rotatable bonds is 5. The highest BCUT2D eigenvalue weighted by Crippen LogP contribution is 2.37. The van der Waals surface area contributed by atoms with Gasteiger partial charge in [-0.3, -0.25) is 0 Å². The number of hydrogen-bond acceptors (Lipinski definition) is 3. The minimum Gasteiger partial charge on any atom is -0.490 e. The van der Waals surface area contributed by atoms with E-state index in [2.05, 4.69) is 11.4 Å². The minimum absolute atomic E-state index is 0.0238. The fraction of sp³-hybridized carbons (Fsp3) is 0.368. The van der Waals surface area contributed by atoms with Gasteiger partial charge < -0.3 is 14.8 Å². The highest BCUT2D eigenvalue weighted by Gasteiger charge is 2.24. The summed E-state index contributed by atoms with van der Waals surface area (Å²) in [5.74, 6) is 1.32. The zero-order valence-corrected chi connectivity index (χ0v) is 13.6. The molecule has 0 radical (unpaired) electrons. The van der Waals surface area contributed by atoms with Crippen LogP contribution < -0.4 is 14.8 Å². The van der Waals surface area contributed by atoms with Crippen LogP contribution in [0, 0.1) is 5.82 Å². The standard InChI is InChI=1S/C19H22FNO2/c1-3-22-17-11-13-8-9-21-19(14-6-5-7-15(20)10-14)16(13)12-18(17)23-4-2/h5-7,10-12,19,21H,3-4,8-9H2,1-2H3/t19-/m1/s1. The molecule has 4 heteroatoms. The number of benzene rings is 2. The number of ether oxygens (including phenoxy) is 2. The molecule has 2 aromatic carbocycles. The summed E-state index contributed by atoms with van der Waals surface area (Å²) in [7, 11) is 0.